The highest BCUT2D eigenvalue weighted by molar-refractivity contribution is 5.89. The summed E-state index contributed by atoms with van der Waals surface area (Å²) in [6.45, 7) is 2.30. The number of ether oxygens (including phenoxy) is 1. The molecule has 1 saturated carbocycles. The van der Waals surface area contributed by atoms with E-state index in [0.717, 1.165) is 0 Å². The molecule has 1 saturated heterocycles. The lowest BCUT2D eigenvalue weighted by molar-refractivity contribution is -0.140. The van der Waals surface area contributed by atoms with Crippen LogP contribution in [0.4, 0.5) is 4.79 Å². The molecule has 102 valence electrons. The molecule has 2 amide bonds. The highest BCUT2D eigenvalue weighted by Gasteiger charge is 2.52. The SMILES string of the molecule is CC1COC(CO)CN1C(=O)NC1(C(=O)O)CC1. The van der Waals surface area contributed by atoms with Crippen LogP contribution in [0.25, 0.3) is 0 Å². The molecular formula is C11H18N2O5. The maximum Gasteiger partial charge on any atom is 0.329 e. The summed E-state index contributed by atoms with van der Waals surface area (Å²) in [5.41, 5.74) is -1.08. The third kappa shape index (κ3) is 2.41. The summed E-state index contributed by atoms with van der Waals surface area (Å²) in [4.78, 5) is 24.6. The lowest BCUT2D eigenvalue weighted by atomic mass is 10.2. The van der Waals surface area contributed by atoms with Crippen molar-refractivity contribution in [3.05, 3.63) is 0 Å². The number of aliphatic hydroxyl groups excluding tert-OH is 1. The van der Waals surface area contributed by atoms with Crippen LogP contribution in [0.15, 0.2) is 0 Å². The number of aliphatic carboxylic acids is 1. The highest BCUT2D eigenvalue weighted by Crippen LogP contribution is 2.35. The molecule has 7 heteroatoms. The summed E-state index contributed by atoms with van der Waals surface area (Å²) in [7, 11) is 0. The average Bonchev–Trinajstić information content (AvgIpc) is 3.10. The number of hydrogen-bond donors (Lipinski definition) is 3. The van der Waals surface area contributed by atoms with Crippen LogP contribution in [0, 0.1) is 0 Å². The smallest absolute Gasteiger partial charge is 0.329 e. The summed E-state index contributed by atoms with van der Waals surface area (Å²) in [5.74, 6) is -0.990. The third-order valence-electron chi connectivity index (χ3n) is 3.48. The van der Waals surface area contributed by atoms with Crippen LogP contribution in [-0.4, -0.2) is 64.6 Å². The number of morpholine rings is 1. The van der Waals surface area contributed by atoms with Gasteiger partial charge in [0.05, 0.1) is 31.9 Å². The van der Waals surface area contributed by atoms with Crippen molar-refractivity contribution in [3.63, 3.8) is 0 Å². The zero-order valence-corrected chi connectivity index (χ0v) is 10.3. The molecule has 1 aliphatic carbocycles. The molecular weight excluding hydrogens is 240 g/mol. The van der Waals surface area contributed by atoms with Crippen LogP contribution in [0.2, 0.25) is 0 Å². The van der Waals surface area contributed by atoms with E-state index in [-0.39, 0.29) is 19.2 Å². The van der Waals surface area contributed by atoms with Crippen molar-refractivity contribution in [2.75, 3.05) is 19.8 Å². The maximum absolute atomic E-state index is 12.0. The lowest BCUT2D eigenvalue weighted by Gasteiger charge is -2.37. The number of carbonyl (C=O) groups is 2. The zero-order chi connectivity index (χ0) is 13.3. The van der Waals surface area contributed by atoms with Crippen molar-refractivity contribution in [3.8, 4) is 0 Å². The first-order valence-electron chi connectivity index (χ1n) is 6.03. The lowest BCUT2D eigenvalue weighted by Crippen LogP contribution is -2.58. The maximum atomic E-state index is 12.0. The number of nitrogens with zero attached hydrogens (tertiary/aromatic N) is 1. The first-order valence-corrected chi connectivity index (χ1v) is 6.03. The van der Waals surface area contributed by atoms with Crippen molar-refractivity contribution in [1.29, 1.82) is 0 Å². The molecule has 1 heterocycles. The van der Waals surface area contributed by atoms with Gasteiger partial charge in [-0.05, 0) is 19.8 Å². The summed E-state index contributed by atoms with van der Waals surface area (Å²) in [5, 5.41) is 20.6. The third-order valence-corrected chi connectivity index (χ3v) is 3.48. The summed E-state index contributed by atoms with van der Waals surface area (Å²) in [6, 6.07) is -0.526. The highest BCUT2D eigenvalue weighted by atomic mass is 16.5. The van der Waals surface area contributed by atoms with E-state index in [0.29, 0.717) is 19.4 Å². The summed E-state index contributed by atoms with van der Waals surface area (Å²) in [6.07, 6.45) is 0.541. The van der Waals surface area contributed by atoms with Gasteiger partial charge in [-0.2, -0.15) is 0 Å². The molecule has 3 N–H and O–H groups in total. The minimum atomic E-state index is -1.08. The Morgan fingerprint density at radius 2 is 2.17 bits per heavy atom. The van der Waals surface area contributed by atoms with Gasteiger partial charge in [0.15, 0.2) is 0 Å². The fourth-order valence-corrected chi connectivity index (χ4v) is 2.00. The topological polar surface area (TPSA) is 99.1 Å². The van der Waals surface area contributed by atoms with E-state index < -0.39 is 23.6 Å². The van der Waals surface area contributed by atoms with Gasteiger partial charge >= 0.3 is 12.0 Å². The van der Waals surface area contributed by atoms with Crippen LogP contribution >= 0.6 is 0 Å². The van der Waals surface area contributed by atoms with Crippen LogP contribution in [-0.2, 0) is 9.53 Å². The van der Waals surface area contributed by atoms with Gasteiger partial charge in [0.1, 0.15) is 5.54 Å². The van der Waals surface area contributed by atoms with Crippen molar-refractivity contribution in [2.45, 2.75) is 37.5 Å². The molecule has 2 rings (SSSR count). The number of rotatable bonds is 3. The fourth-order valence-electron chi connectivity index (χ4n) is 2.00. The van der Waals surface area contributed by atoms with Gasteiger partial charge in [0.2, 0.25) is 0 Å². The molecule has 2 fully saturated rings. The molecule has 0 aromatic rings. The van der Waals surface area contributed by atoms with E-state index in [1.54, 1.807) is 0 Å². The minimum Gasteiger partial charge on any atom is -0.480 e. The predicted octanol–water partition coefficient (Wildman–Crippen LogP) is -0.605. The first-order chi connectivity index (χ1) is 8.48. The number of hydrogen-bond acceptors (Lipinski definition) is 4. The number of carbonyl (C=O) groups excluding carboxylic acids is 1. The van der Waals surface area contributed by atoms with E-state index in [2.05, 4.69) is 5.32 Å². The Morgan fingerprint density at radius 1 is 1.50 bits per heavy atom. The quantitative estimate of drug-likeness (QED) is 0.627. The number of urea groups is 1. The Morgan fingerprint density at radius 3 is 2.67 bits per heavy atom. The summed E-state index contributed by atoms with van der Waals surface area (Å²) < 4.78 is 5.32. The van der Waals surface area contributed by atoms with Crippen LogP contribution in [0.5, 0.6) is 0 Å². The monoisotopic (exact) mass is 258 g/mol. The normalized spacial score (nSPS) is 29.8. The van der Waals surface area contributed by atoms with Crippen molar-refractivity contribution < 1.29 is 24.5 Å². The fraction of sp³-hybridized carbons (Fsp3) is 0.818. The van der Waals surface area contributed by atoms with Gasteiger partial charge < -0.3 is 25.2 Å². The Balaban J connectivity index is 1.97. The van der Waals surface area contributed by atoms with Crippen LogP contribution in [0.3, 0.4) is 0 Å². The number of amides is 2. The van der Waals surface area contributed by atoms with E-state index in [9.17, 15) is 9.59 Å². The average molecular weight is 258 g/mol. The number of carboxylic acids is 1. The molecule has 1 aliphatic heterocycles. The van der Waals surface area contributed by atoms with Crippen LogP contribution in [0.1, 0.15) is 19.8 Å². The molecule has 0 spiro atoms. The second-order valence-electron chi connectivity index (χ2n) is 4.96. The molecule has 2 aliphatic rings. The summed E-state index contributed by atoms with van der Waals surface area (Å²) >= 11 is 0. The zero-order valence-electron chi connectivity index (χ0n) is 10.3. The molecule has 2 unspecified atom stereocenters. The standard InChI is InChI=1S/C11H18N2O5/c1-7-6-18-8(5-14)4-13(7)10(17)12-11(2-3-11)9(15)16/h7-8,14H,2-6H2,1H3,(H,12,17)(H,15,16). The Labute approximate surface area is 105 Å². The van der Waals surface area contributed by atoms with E-state index in [1.165, 1.54) is 4.90 Å². The van der Waals surface area contributed by atoms with Crippen molar-refractivity contribution in [2.24, 2.45) is 0 Å². The van der Waals surface area contributed by atoms with E-state index in [4.69, 9.17) is 14.9 Å². The molecule has 2 atom stereocenters. The van der Waals surface area contributed by atoms with Crippen molar-refractivity contribution in [1.82, 2.24) is 10.2 Å². The van der Waals surface area contributed by atoms with Crippen LogP contribution < -0.4 is 5.32 Å². The van der Waals surface area contributed by atoms with E-state index in [1.807, 2.05) is 6.92 Å². The van der Waals surface area contributed by atoms with Gasteiger partial charge in [-0.15, -0.1) is 0 Å². The van der Waals surface area contributed by atoms with Gasteiger partial charge in [0.25, 0.3) is 0 Å². The Kier molecular flexibility index (Phi) is 3.45. The van der Waals surface area contributed by atoms with Gasteiger partial charge in [0, 0.05) is 0 Å². The van der Waals surface area contributed by atoms with Gasteiger partial charge in [-0.3, -0.25) is 0 Å². The number of aliphatic hydroxyl groups is 1. The largest absolute Gasteiger partial charge is 0.480 e. The number of nitrogens with one attached hydrogen (secondary N) is 1. The molecule has 0 radical (unpaired) electrons. The molecule has 18 heavy (non-hydrogen) atoms. The molecule has 7 nitrogen and oxygen atoms in total. The Hall–Kier alpha value is -1.34. The van der Waals surface area contributed by atoms with Crippen molar-refractivity contribution >= 4 is 12.0 Å². The second kappa shape index (κ2) is 4.74. The molecule has 0 aromatic heterocycles. The Bertz CT molecular complexity index is 355. The molecule has 0 aromatic carbocycles. The molecule has 0 bridgehead atoms. The second-order valence-corrected chi connectivity index (χ2v) is 4.96. The van der Waals surface area contributed by atoms with E-state index >= 15 is 0 Å². The van der Waals surface area contributed by atoms with Gasteiger partial charge in [-0.25, -0.2) is 9.59 Å². The predicted molar refractivity (Wildman–Crippen MR) is 61.1 cm³/mol. The van der Waals surface area contributed by atoms with Gasteiger partial charge in [-0.1, -0.05) is 0 Å². The number of carboxylic acid groups (broad SMARTS) is 1. The minimum absolute atomic E-state index is 0.127. The first kappa shape index (κ1) is 13.1.